The van der Waals surface area contributed by atoms with E-state index in [2.05, 4.69) is 46.7 Å². The van der Waals surface area contributed by atoms with Gasteiger partial charge < -0.3 is 5.32 Å². The number of para-hydroxylation sites is 1. The van der Waals surface area contributed by atoms with E-state index >= 15 is 0 Å². The normalized spacial score (nSPS) is 13.2. The average molecular weight is 262 g/mol. The minimum atomic E-state index is 1.05. The van der Waals surface area contributed by atoms with Gasteiger partial charge in [-0.25, -0.2) is 0 Å². The van der Waals surface area contributed by atoms with Crippen LogP contribution in [0.1, 0.15) is 11.1 Å². The van der Waals surface area contributed by atoms with Gasteiger partial charge >= 0.3 is 0 Å². The van der Waals surface area contributed by atoms with Crippen molar-refractivity contribution < 1.29 is 0 Å². The number of nitrogens with zero attached hydrogens (tertiary/aromatic N) is 1. The molecule has 0 unspecified atom stereocenters. The number of pyridine rings is 1. The molecule has 2 heterocycles. The molecule has 1 N–H and O–H groups in total. The molecule has 0 saturated heterocycles. The van der Waals surface area contributed by atoms with Crippen LogP contribution in [-0.2, 0) is 13.0 Å². The third-order valence-corrected chi connectivity index (χ3v) is 3.52. The number of hydrogen-bond donors (Lipinski definition) is 1. The molecule has 0 amide bonds. The average Bonchev–Trinajstić information content (AvgIpc) is 2.56. The lowest BCUT2D eigenvalue weighted by atomic mass is 10.0. The first-order valence-corrected chi connectivity index (χ1v) is 7.01. The Bertz CT molecular complexity index is 601. The van der Waals surface area contributed by atoms with Crippen LogP contribution in [0.2, 0.25) is 0 Å². The van der Waals surface area contributed by atoms with Crippen molar-refractivity contribution in [3.63, 3.8) is 0 Å². The molecule has 0 aliphatic carbocycles. The predicted molar refractivity (Wildman–Crippen MR) is 83.6 cm³/mol. The minimum Gasteiger partial charge on any atom is -0.312 e. The van der Waals surface area contributed by atoms with E-state index < -0.39 is 0 Å². The second kappa shape index (κ2) is 6.31. The van der Waals surface area contributed by atoms with Crippen molar-refractivity contribution >= 4 is 10.9 Å². The van der Waals surface area contributed by atoms with Crippen LogP contribution in [-0.4, -0.2) is 11.5 Å². The Labute approximate surface area is 119 Å². The summed E-state index contributed by atoms with van der Waals surface area (Å²) in [7, 11) is 0. The van der Waals surface area contributed by atoms with Gasteiger partial charge in [-0.2, -0.15) is 0 Å². The van der Waals surface area contributed by atoms with E-state index in [1.165, 1.54) is 22.9 Å². The second-order valence-electron chi connectivity index (χ2n) is 4.89. The fraction of sp³-hybridized carbons (Fsp3) is 0.167. The maximum absolute atomic E-state index is 4.18. The smallest absolute Gasteiger partial charge is 0.0701 e. The van der Waals surface area contributed by atoms with Crippen LogP contribution >= 0.6 is 0 Å². The van der Waals surface area contributed by atoms with Crippen LogP contribution in [0.3, 0.4) is 0 Å². The Morgan fingerprint density at radius 3 is 2.40 bits per heavy atom. The Morgan fingerprint density at radius 2 is 1.55 bits per heavy atom. The van der Waals surface area contributed by atoms with Gasteiger partial charge in [0.2, 0.25) is 0 Å². The van der Waals surface area contributed by atoms with Crippen LogP contribution in [0.5, 0.6) is 0 Å². The Hall–Kier alpha value is -2.19. The molecular weight excluding hydrogens is 244 g/mol. The van der Waals surface area contributed by atoms with Crippen LogP contribution in [0.15, 0.2) is 66.9 Å². The zero-order valence-corrected chi connectivity index (χ0v) is 11.4. The fourth-order valence-electron chi connectivity index (χ4n) is 2.44. The van der Waals surface area contributed by atoms with Gasteiger partial charge in [0, 0.05) is 18.1 Å². The lowest BCUT2D eigenvalue weighted by molar-refractivity contribution is 0.644. The van der Waals surface area contributed by atoms with Gasteiger partial charge in [0.1, 0.15) is 0 Å². The van der Waals surface area contributed by atoms with E-state index in [0.29, 0.717) is 0 Å². The summed E-state index contributed by atoms with van der Waals surface area (Å²) in [5.74, 6) is 0. The van der Waals surface area contributed by atoms with E-state index in [0.717, 1.165) is 18.6 Å². The summed E-state index contributed by atoms with van der Waals surface area (Å²) < 4.78 is 0. The van der Waals surface area contributed by atoms with Crippen molar-refractivity contribution in [1.82, 2.24) is 10.3 Å². The molecule has 1 aliphatic rings. The maximum atomic E-state index is 4.18. The topological polar surface area (TPSA) is 24.9 Å². The van der Waals surface area contributed by atoms with Crippen LogP contribution in [0.4, 0.5) is 0 Å². The molecule has 0 spiro atoms. The highest BCUT2D eigenvalue weighted by atomic mass is 14.9. The zero-order valence-electron chi connectivity index (χ0n) is 11.4. The predicted octanol–water partition coefficient (Wildman–Crippen LogP) is 3.57. The lowest BCUT2D eigenvalue weighted by Gasteiger charge is -2.15. The lowest BCUT2D eigenvalue weighted by Crippen LogP contribution is -2.23. The summed E-state index contributed by atoms with van der Waals surface area (Å²) in [6, 6.07) is 20.7. The first kappa shape index (κ1) is 12.8. The molecule has 0 fully saturated rings. The molecule has 0 saturated carbocycles. The van der Waals surface area contributed by atoms with E-state index in [1.807, 2.05) is 30.5 Å². The van der Waals surface area contributed by atoms with E-state index in [-0.39, 0.29) is 0 Å². The van der Waals surface area contributed by atoms with Crippen molar-refractivity contribution in [3.05, 3.63) is 78.0 Å². The van der Waals surface area contributed by atoms with Crippen LogP contribution in [0.25, 0.3) is 10.9 Å². The van der Waals surface area contributed by atoms with Gasteiger partial charge in [0.15, 0.2) is 0 Å². The zero-order chi connectivity index (χ0) is 13.6. The largest absolute Gasteiger partial charge is 0.312 e. The third-order valence-electron chi connectivity index (χ3n) is 3.52. The summed E-state index contributed by atoms with van der Waals surface area (Å²) in [4.78, 5) is 4.18. The van der Waals surface area contributed by atoms with E-state index in [9.17, 15) is 0 Å². The highest BCUT2D eigenvalue weighted by Crippen LogP contribution is 2.11. The number of benzene rings is 2. The summed E-state index contributed by atoms with van der Waals surface area (Å²) >= 11 is 0. The third kappa shape index (κ3) is 3.03. The van der Waals surface area contributed by atoms with Crippen LogP contribution in [0, 0.1) is 0 Å². The maximum Gasteiger partial charge on any atom is 0.0701 e. The summed E-state index contributed by atoms with van der Waals surface area (Å²) in [5, 5.41) is 4.54. The molecule has 20 heavy (non-hydrogen) atoms. The summed E-state index contributed by atoms with van der Waals surface area (Å²) in [6.45, 7) is 2.19. The van der Waals surface area contributed by atoms with Gasteiger partial charge in [0.05, 0.1) is 5.52 Å². The Kier molecular flexibility index (Phi) is 4.04. The molecule has 3 aromatic rings. The van der Waals surface area contributed by atoms with Gasteiger partial charge in [-0.3, -0.25) is 4.98 Å². The molecule has 100 valence electrons. The second-order valence-corrected chi connectivity index (χ2v) is 4.89. The highest BCUT2D eigenvalue weighted by molar-refractivity contribution is 5.77. The van der Waals surface area contributed by atoms with Gasteiger partial charge in [-0.15, -0.1) is 0 Å². The van der Waals surface area contributed by atoms with Gasteiger partial charge in [-0.1, -0.05) is 48.5 Å². The molecule has 1 aliphatic heterocycles. The molecule has 0 bridgehead atoms. The van der Waals surface area contributed by atoms with E-state index in [1.54, 1.807) is 0 Å². The number of rotatable bonds is 0. The SMILES string of the molecule is c1ccc2c(c1)CCNC2.c1ccc2ncccc2c1. The van der Waals surface area contributed by atoms with Crippen molar-refractivity contribution in [2.75, 3.05) is 6.54 Å². The highest BCUT2D eigenvalue weighted by Gasteiger charge is 2.05. The van der Waals surface area contributed by atoms with Gasteiger partial charge in [-0.05, 0) is 36.2 Å². The number of nitrogens with one attached hydrogen (secondary N) is 1. The molecule has 0 radical (unpaired) electrons. The summed E-state index contributed by atoms with van der Waals surface area (Å²) in [6.07, 6.45) is 3.00. The molecule has 0 atom stereocenters. The quantitative estimate of drug-likeness (QED) is 0.670. The number of hydrogen-bond acceptors (Lipinski definition) is 2. The fourth-order valence-corrected chi connectivity index (χ4v) is 2.44. The molecular formula is C18H18N2. The van der Waals surface area contributed by atoms with Crippen molar-refractivity contribution in [1.29, 1.82) is 0 Å². The van der Waals surface area contributed by atoms with Crippen molar-refractivity contribution in [3.8, 4) is 0 Å². The number of fused-ring (bicyclic) bond motifs is 2. The molecule has 2 aromatic carbocycles. The molecule has 4 rings (SSSR count). The number of aromatic nitrogens is 1. The molecule has 2 nitrogen and oxygen atoms in total. The molecule has 1 aromatic heterocycles. The Balaban J connectivity index is 0.000000121. The first-order valence-electron chi connectivity index (χ1n) is 7.01. The Morgan fingerprint density at radius 1 is 0.800 bits per heavy atom. The standard InChI is InChI=1S/C9H7N.C9H11N/c1-2-6-9-8(4-1)5-3-7-10-9;1-2-4-9-7-10-6-5-8(9)3-1/h1-7H;1-4,10H,5-7H2. The van der Waals surface area contributed by atoms with Crippen molar-refractivity contribution in [2.24, 2.45) is 0 Å². The van der Waals surface area contributed by atoms with E-state index in [4.69, 9.17) is 0 Å². The monoisotopic (exact) mass is 262 g/mol. The minimum absolute atomic E-state index is 1.05. The van der Waals surface area contributed by atoms with Gasteiger partial charge in [0.25, 0.3) is 0 Å². The first-order chi connectivity index (χ1) is 9.93. The van der Waals surface area contributed by atoms with Crippen molar-refractivity contribution in [2.45, 2.75) is 13.0 Å². The molecule has 2 heteroatoms. The summed E-state index contributed by atoms with van der Waals surface area (Å²) in [5.41, 5.74) is 4.04. The van der Waals surface area contributed by atoms with Crippen LogP contribution < -0.4 is 5.32 Å².